The van der Waals surface area contributed by atoms with Crippen LogP contribution in [0.15, 0.2) is 24.3 Å². The fourth-order valence-electron chi connectivity index (χ4n) is 2.21. The Hall–Kier alpha value is -1.10. The maximum Gasteiger partial charge on any atom is 0.119 e. The lowest BCUT2D eigenvalue weighted by Gasteiger charge is -2.37. The summed E-state index contributed by atoms with van der Waals surface area (Å²) in [6.07, 6.45) is -0.0631. The van der Waals surface area contributed by atoms with Gasteiger partial charge in [-0.2, -0.15) is 0 Å². The zero-order chi connectivity index (χ0) is 13.0. The van der Waals surface area contributed by atoms with Crippen molar-refractivity contribution in [3.8, 4) is 5.75 Å². The van der Waals surface area contributed by atoms with Crippen LogP contribution in [0.5, 0.6) is 5.75 Å². The van der Waals surface area contributed by atoms with Gasteiger partial charge < -0.3 is 14.6 Å². The topological polar surface area (TPSA) is 41.9 Å². The van der Waals surface area contributed by atoms with Gasteiger partial charge in [0.2, 0.25) is 0 Å². The van der Waals surface area contributed by atoms with E-state index in [4.69, 9.17) is 9.47 Å². The van der Waals surface area contributed by atoms with Gasteiger partial charge in [-0.1, -0.05) is 12.1 Å². The lowest BCUT2D eigenvalue weighted by molar-refractivity contribution is -0.0805. The van der Waals surface area contributed by atoms with Crippen LogP contribution < -0.4 is 4.74 Å². The van der Waals surface area contributed by atoms with Gasteiger partial charge in [0, 0.05) is 19.1 Å². The highest BCUT2D eigenvalue weighted by Crippen LogP contribution is 2.18. The zero-order valence-electron chi connectivity index (χ0n) is 11.0. The van der Waals surface area contributed by atoms with E-state index in [1.807, 2.05) is 12.1 Å². The molecule has 0 aliphatic carbocycles. The van der Waals surface area contributed by atoms with Crippen molar-refractivity contribution in [2.24, 2.45) is 0 Å². The maximum absolute atomic E-state index is 9.17. The Bertz CT molecular complexity index is 383. The molecule has 100 valence electrons. The molecule has 4 heteroatoms. The van der Waals surface area contributed by atoms with Gasteiger partial charge in [-0.15, -0.1) is 0 Å². The predicted octanol–water partition coefficient (Wildman–Crippen LogP) is 1.28. The van der Waals surface area contributed by atoms with Crippen molar-refractivity contribution in [1.29, 1.82) is 0 Å². The van der Waals surface area contributed by atoms with Gasteiger partial charge in [-0.3, -0.25) is 4.90 Å². The van der Waals surface area contributed by atoms with E-state index in [1.54, 1.807) is 7.11 Å². The van der Waals surface area contributed by atoms with Crippen molar-refractivity contribution in [1.82, 2.24) is 4.90 Å². The van der Waals surface area contributed by atoms with Crippen molar-refractivity contribution in [2.45, 2.75) is 25.6 Å². The molecule has 1 saturated heterocycles. The number of aliphatic hydroxyl groups excluding tert-OH is 1. The van der Waals surface area contributed by atoms with Crippen molar-refractivity contribution in [3.63, 3.8) is 0 Å². The fraction of sp³-hybridized carbons (Fsp3) is 0.571. The first-order chi connectivity index (χ1) is 8.72. The molecule has 18 heavy (non-hydrogen) atoms. The third kappa shape index (κ3) is 3.22. The van der Waals surface area contributed by atoms with Gasteiger partial charge in [0.1, 0.15) is 5.75 Å². The number of aliphatic hydroxyl groups is 1. The van der Waals surface area contributed by atoms with E-state index in [0.29, 0.717) is 12.6 Å². The lowest BCUT2D eigenvalue weighted by atomic mass is 10.1. The lowest BCUT2D eigenvalue weighted by Crippen LogP contribution is -2.48. The quantitative estimate of drug-likeness (QED) is 0.875. The summed E-state index contributed by atoms with van der Waals surface area (Å²) in [6.45, 7) is 4.54. The van der Waals surface area contributed by atoms with E-state index in [2.05, 4.69) is 24.0 Å². The van der Waals surface area contributed by atoms with Crippen LogP contribution in [0.25, 0.3) is 0 Å². The Morgan fingerprint density at radius 1 is 1.50 bits per heavy atom. The first kappa shape index (κ1) is 13.3. The fourth-order valence-corrected chi connectivity index (χ4v) is 2.21. The Balaban J connectivity index is 2.02. The molecule has 0 radical (unpaired) electrons. The van der Waals surface area contributed by atoms with Gasteiger partial charge in [0.05, 0.1) is 26.4 Å². The number of rotatable bonds is 4. The van der Waals surface area contributed by atoms with Crippen LogP contribution in [0.2, 0.25) is 0 Å². The van der Waals surface area contributed by atoms with E-state index in [1.165, 1.54) is 5.56 Å². The molecule has 1 heterocycles. The van der Waals surface area contributed by atoms with Crippen LogP contribution in [0.3, 0.4) is 0 Å². The number of benzene rings is 1. The second kappa shape index (κ2) is 6.18. The molecule has 2 rings (SSSR count). The van der Waals surface area contributed by atoms with E-state index < -0.39 is 0 Å². The monoisotopic (exact) mass is 251 g/mol. The molecule has 1 N–H and O–H groups in total. The molecule has 1 fully saturated rings. The average Bonchev–Trinajstić information content (AvgIpc) is 2.41. The minimum atomic E-state index is -0.0631. The highest BCUT2D eigenvalue weighted by Gasteiger charge is 2.25. The molecule has 2 atom stereocenters. The van der Waals surface area contributed by atoms with Crippen LogP contribution in [-0.2, 0) is 11.3 Å². The molecule has 2 unspecified atom stereocenters. The number of nitrogens with zero attached hydrogens (tertiary/aromatic N) is 1. The summed E-state index contributed by atoms with van der Waals surface area (Å²) in [4.78, 5) is 2.33. The summed E-state index contributed by atoms with van der Waals surface area (Å²) in [7, 11) is 1.68. The molecular weight excluding hydrogens is 230 g/mol. The predicted molar refractivity (Wildman–Crippen MR) is 69.7 cm³/mol. The van der Waals surface area contributed by atoms with Crippen LogP contribution in [0, 0.1) is 0 Å². The highest BCUT2D eigenvalue weighted by molar-refractivity contribution is 5.28. The zero-order valence-corrected chi connectivity index (χ0v) is 11.0. The smallest absolute Gasteiger partial charge is 0.119 e. The summed E-state index contributed by atoms with van der Waals surface area (Å²) < 4.78 is 10.8. The van der Waals surface area contributed by atoms with Gasteiger partial charge in [0.15, 0.2) is 0 Å². The minimum Gasteiger partial charge on any atom is -0.497 e. The summed E-state index contributed by atoms with van der Waals surface area (Å²) >= 11 is 0. The molecule has 1 aliphatic heterocycles. The number of ether oxygens (including phenoxy) is 2. The van der Waals surface area contributed by atoms with E-state index >= 15 is 0 Å². The molecule has 1 aliphatic rings. The maximum atomic E-state index is 9.17. The number of hydrogen-bond acceptors (Lipinski definition) is 4. The van der Waals surface area contributed by atoms with Crippen molar-refractivity contribution < 1.29 is 14.6 Å². The van der Waals surface area contributed by atoms with Crippen molar-refractivity contribution >= 4 is 0 Å². The summed E-state index contributed by atoms with van der Waals surface area (Å²) in [5.41, 5.74) is 1.22. The van der Waals surface area contributed by atoms with Crippen LogP contribution in [-0.4, -0.2) is 49.0 Å². The normalized spacial score (nSPS) is 25.1. The largest absolute Gasteiger partial charge is 0.497 e. The van der Waals surface area contributed by atoms with Crippen LogP contribution in [0.4, 0.5) is 0 Å². The van der Waals surface area contributed by atoms with E-state index in [9.17, 15) is 5.11 Å². The van der Waals surface area contributed by atoms with E-state index in [-0.39, 0.29) is 12.7 Å². The molecule has 0 spiro atoms. The summed E-state index contributed by atoms with van der Waals surface area (Å²) in [5.74, 6) is 0.882. The Kier molecular flexibility index (Phi) is 4.58. The van der Waals surface area contributed by atoms with Gasteiger partial charge >= 0.3 is 0 Å². The Morgan fingerprint density at radius 2 is 2.33 bits per heavy atom. The average molecular weight is 251 g/mol. The van der Waals surface area contributed by atoms with E-state index in [0.717, 1.165) is 18.8 Å². The number of hydrogen-bond donors (Lipinski definition) is 1. The van der Waals surface area contributed by atoms with Crippen LogP contribution in [0.1, 0.15) is 12.5 Å². The molecular formula is C14H21NO3. The first-order valence-corrected chi connectivity index (χ1v) is 6.32. The second-order valence-electron chi connectivity index (χ2n) is 4.77. The second-order valence-corrected chi connectivity index (χ2v) is 4.77. The summed E-state index contributed by atoms with van der Waals surface area (Å²) in [6, 6.07) is 8.47. The Morgan fingerprint density at radius 3 is 3.06 bits per heavy atom. The van der Waals surface area contributed by atoms with Crippen LogP contribution >= 0.6 is 0 Å². The molecule has 1 aromatic carbocycles. The molecule has 0 saturated carbocycles. The highest BCUT2D eigenvalue weighted by atomic mass is 16.5. The first-order valence-electron chi connectivity index (χ1n) is 6.32. The van der Waals surface area contributed by atoms with Crippen molar-refractivity contribution in [2.75, 3.05) is 26.9 Å². The molecule has 0 amide bonds. The summed E-state index contributed by atoms with van der Waals surface area (Å²) in [5, 5.41) is 9.17. The van der Waals surface area contributed by atoms with Gasteiger partial charge in [-0.05, 0) is 24.6 Å². The molecule has 0 bridgehead atoms. The van der Waals surface area contributed by atoms with Gasteiger partial charge in [0.25, 0.3) is 0 Å². The van der Waals surface area contributed by atoms with Crippen molar-refractivity contribution in [3.05, 3.63) is 29.8 Å². The number of methoxy groups -OCH3 is 1. The molecule has 1 aromatic rings. The molecule has 0 aromatic heterocycles. The van der Waals surface area contributed by atoms with Gasteiger partial charge in [-0.25, -0.2) is 0 Å². The minimum absolute atomic E-state index is 0.0631. The Labute approximate surface area is 108 Å². The molecule has 4 nitrogen and oxygen atoms in total. The third-order valence-corrected chi connectivity index (χ3v) is 3.36. The number of morpholine rings is 1. The standard InChI is InChI=1S/C14H21NO3/c1-11-10-18-14(9-16)8-15(11)7-12-4-3-5-13(6-12)17-2/h3-6,11,14,16H,7-10H2,1-2H3. The SMILES string of the molecule is COc1cccc(CN2CC(CO)OCC2C)c1. The third-order valence-electron chi connectivity index (χ3n) is 3.36.